The van der Waals surface area contributed by atoms with Crippen LogP contribution in [0.5, 0.6) is 5.75 Å². The first-order valence-electron chi connectivity index (χ1n) is 8.07. The molecule has 4 heteroatoms. The molecule has 0 saturated heterocycles. The van der Waals surface area contributed by atoms with Crippen LogP contribution in [0, 0.1) is 0 Å². The monoisotopic (exact) mass is 459 g/mol. The van der Waals surface area contributed by atoms with Gasteiger partial charge < -0.3 is 4.74 Å². The quantitative estimate of drug-likeness (QED) is 0.115. The number of fused-ring (bicyclic) bond motifs is 3. The molecule has 3 aromatic carbocycles. The van der Waals surface area contributed by atoms with Crippen molar-refractivity contribution in [3.63, 3.8) is 0 Å². The van der Waals surface area contributed by atoms with Gasteiger partial charge in [0, 0.05) is 37.8 Å². The number of rotatable bonds is 4. The van der Waals surface area contributed by atoms with Crippen molar-refractivity contribution in [3.05, 3.63) is 72.8 Å². The number of thiophene rings is 1. The molecule has 2 nitrogen and oxygen atoms in total. The highest BCUT2D eigenvalue weighted by Gasteiger charge is 2.22. The third-order valence-electron chi connectivity index (χ3n) is 4.09. The molecule has 0 saturated carbocycles. The van der Waals surface area contributed by atoms with Crippen LogP contribution in [0.3, 0.4) is 0 Å². The van der Waals surface area contributed by atoms with E-state index >= 15 is 0 Å². The number of halogens is 1. The van der Waals surface area contributed by atoms with Crippen molar-refractivity contribution in [1.82, 2.24) is 0 Å². The molecule has 124 valence electrons. The van der Waals surface area contributed by atoms with E-state index in [2.05, 4.69) is 83.3 Å². The first-order valence-corrected chi connectivity index (χ1v) is 10.8. The van der Waals surface area contributed by atoms with Crippen molar-refractivity contribution < 1.29 is 9.53 Å². The summed E-state index contributed by atoms with van der Waals surface area (Å²) in [5.74, 6) is 0.434. The molecule has 0 unspecified atom stereocenters. The predicted octanol–water partition coefficient (Wildman–Crippen LogP) is 6.46. The van der Waals surface area contributed by atoms with E-state index < -0.39 is 0 Å². The summed E-state index contributed by atoms with van der Waals surface area (Å²) in [6, 6.07) is 25.2. The van der Waals surface area contributed by atoms with E-state index in [4.69, 9.17) is 4.74 Å². The molecule has 0 spiro atoms. The van der Waals surface area contributed by atoms with Crippen LogP contribution in [0.4, 0.5) is 0 Å². The summed E-state index contributed by atoms with van der Waals surface area (Å²) in [6.07, 6.45) is 0.438. The molecular weight excluding hydrogens is 443 g/mol. The summed E-state index contributed by atoms with van der Waals surface area (Å²) < 4.78 is 8.86. The number of benzene rings is 3. The van der Waals surface area contributed by atoms with Gasteiger partial charge in [0.2, 0.25) is 0 Å². The summed E-state index contributed by atoms with van der Waals surface area (Å²) in [5.41, 5.74) is 0. The zero-order valence-electron chi connectivity index (χ0n) is 13.4. The Balaban J connectivity index is 1.80. The summed E-state index contributed by atoms with van der Waals surface area (Å²) in [4.78, 5) is 12.9. The van der Waals surface area contributed by atoms with Crippen molar-refractivity contribution in [2.24, 2.45) is 0 Å². The molecule has 0 N–H and O–H groups in total. The fourth-order valence-electron chi connectivity index (χ4n) is 3.01. The van der Waals surface area contributed by atoms with Crippen molar-refractivity contribution >= 4 is 59.2 Å². The lowest BCUT2D eigenvalue weighted by molar-refractivity contribution is -0.133. The Labute approximate surface area is 162 Å². The Bertz CT molecular complexity index is 997. The molecule has 4 aromatic rings. The van der Waals surface area contributed by atoms with Crippen molar-refractivity contribution in [1.29, 1.82) is 0 Å². The van der Waals surface area contributed by atoms with Gasteiger partial charge in [0.25, 0.3) is 0 Å². The Morgan fingerprint density at radius 1 is 0.840 bits per heavy atom. The van der Waals surface area contributed by atoms with E-state index in [-0.39, 0.29) is 16.4 Å². The maximum atomic E-state index is 11.7. The molecule has 0 aliphatic carbocycles. The standard InChI is InChI=1S/C21H16IO2S/c22-14-13-21(23)24-15-9-11-16(12-10-15)25-19-7-3-1-5-17(19)18-6-2-4-8-20(18)25/h1-12H,13-14H2/q+1. The Hall–Kier alpha value is -1.92. The van der Waals surface area contributed by atoms with Crippen LogP contribution in [-0.2, 0) is 4.79 Å². The predicted molar refractivity (Wildman–Crippen MR) is 114 cm³/mol. The number of carbonyl (C=O) groups excluding carboxylic acids is 1. The minimum absolute atomic E-state index is 0.107. The average Bonchev–Trinajstić information content (AvgIpc) is 2.97. The second kappa shape index (κ2) is 7.14. The maximum absolute atomic E-state index is 11.7. The molecule has 0 bridgehead atoms. The number of esters is 1. The molecular formula is C21H16IO2S+. The van der Waals surface area contributed by atoms with E-state index in [0.717, 1.165) is 4.43 Å². The van der Waals surface area contributed by atoms with Gasteiger partial charge in [-0.25, -0.2) is 0 Å². The minimum Gasteiger partial charge on any atom is -0.427 e. The van der Waals surface area contributed by atoms with E-state index in [1.807, 2.05) is 12.1 Å². The minimum atomic E-state index is -0.179. The Morgan fingerprint density at radius 2 is 1.40 bits per heavy atom. The van der Waals surface area contributed by atoms with Crippen LogP contribution in [-0.4, -0.2) is 10.4 Å². The van der Waals surface area contributed by atoms with E-state index in [1.54, 1.807) is 0 Å². The Kier molecular flexibility index (Phi) is 4.72. The second-order valence-corrected chi connectivity index (χ2v) is 8.73. The third-order valence-corrected chi connectivity index (χ3v) is 6.97. The van der Waals surface area contributed by atoms with Crippen molar-refractivity contribution in [3.8, 4) is 10.6 Å². The molecule has 1 heterocycles. The van der Waals surface area contributed by atoms with Gasteiger partial charge in [-0.3, -0.25) is 4.79 Å². The molecule has 1 aromatic heterocycles. The van der Waals surface area contributed by atoms with Gasteiger partial charge in [-0.1, -0.05) is 46.9 Å². The van der Waals surface area contributed by atoms with Crippen LogP contribution < -0.4 is 4.74 Å². The second-order valence-electron chi connectivity index (χ2n) is 5.68. The normalized spacial score (nSPS) is 11.1. The van der Waals surface area contributed by atoms with Gasteiger partial charge in [0.1, 0.15) is 5.75 Å². The first-order chi connectivity index (χ1) is 12.3. The van der Waals surface area contributed by atoms with E-state index in [0.29, 0.717) is 12.2 Å². The highest BCUT2D eigenvalue weighted by molar-refractivity contribution is 14.1. The zero-order chi connectivity index (χ0) is 17.2. The lowest BCUT2D eigenvalue weighted by Gasteiger charge is -2.02. The van der Waals surface area contributed by atoms with Gasteiger partial charge in [-0.05, 0) is 36.4 Å². The van der Waals surface area contributed by atoms with Crippen LogP contribution in [0.1, 0.15) is 6.42 Å². The maximum Gasteiger partial charge on any atom is 0.311 e. The van der Waals surface area contributed by atoms with E-state index in [9.17, 15) is 4.79 Å². The lowest BCUT2D eigenvalue weighted by atomic mass is 10.2. The van der Waals surface area contributed by atoms with Crippen molar-refractivity contribution in [2.75, 3.05) is 4.43 Å². The first kappa shape index (κ1) is 16.5. The van der Waals surface area contributed by atoms with Gasteiger partial charge in [-0.15, -0.1) is 0 Å². The number of hydrogen-bond acceptors (Lipinski definition) is 2. The molecule has 4 rings (SSSR count). The lowest BCUT2D eigenvalue weighted by Crippen LogP contribution is -2.07. The molecule has 0 aliphatic rings. The van der Waals surface area contributed by atoms with Crippen LogP contribution in [0.25, 0.3) is 25.1 Å². The molecule has 0 radical (unpaired) electrons. The van der Waals surface area contributed by atoms with Crippen LogP contribution >= 0.6 is 33.1 Å². The highest BCUT2D eigenvalue weighted by Crippen LogP contribution is 2.48. The number of ether oxygens (including phenoxy) is 1. The van der Waals surface area contributed by atoms with Gasteiger partial charge >= 0.3 is 5.97 Å². The Morgan fingerprint density at radius 3 is 1.96 bits per heavy atom. The number of hydrogen-bond donors (Lipinski definition) is 0. The smallest absolute Gasteiger partial charge is 0.311 e. The largest absolute Gasteiger partial charge is 0.427 e. The van der Waals surface area contributed by atoms with Gasteiger partial charge in [0.05, 0.1) is 6.42 Å². The van der Waals surface area contributed by atoms with Gasteiger partial charge in [-0.2, -0.15) is 0 Å². The molecule has 25 heavy (non-hydrogen) atoms. The summed E-state index contributed by atoms with van der Waals surface area (Å²) in [5, 5.41) is 2.64. The number of alkyl halides is 1. The number of carbonyl (C=O) groups is 1. The van der Waals surface area contributed by atoms with Crippen LogP contribution in [0.2, 0.25) is 0 Å². The highest BCUT2D eigenvalue weighted by atomic mass is 127. The summed E-state index contributed by atoms with van der Waals surface area (Å²) in [6.45, 7) is 0. The summed E-state index contributed by atoms with van der Waals surface area (Å²) in [7, 11) is -0.107. The fraction of sp³-hybridized carbons (Fsp3) is 0.0952. The molecule has 0 atom stereocenters. The van der Waals surface area contributed by atoms with Gasteiger partial charge in [0.15, 0.2) is 14.3 Å². The fourth-order valence-corrected chi connectivity index (χ4v) is 5.83. The zero-order valence-corrected chi connectivity index (χ0v) is 16.4. The molecule has 0 amide bonds. The molecule has 0 aliphatic heterocycles. The molecule has 0 fully saturated rings. The summed E-state index contributed by atoms with van der Waals surface area (Å²) >= 11 is 2.18. The topological polar surface area (TPSA) is 26.3 Å². The van der Waals surface area contributed by atoms with E-state index in [1.165, 1.54) is 25.1 Å². The van der Waals surface area contributed by atoms with Crippen molar-refractivity contribution in [2.45, 2.75) is 6.42 Å². The third kappa shape index (κ3) is 3.16. The van der Waals surface area contributed by atoms with Crippen LogP contribution in [0.15, 0.2) is 72.8 Å². The SMILES string of the molecule is O=C(CCI)Oc1ccc(-[s+]2c3ccccc3c3ccccc32)cc1. The average molecular weight is 459 g/mol.